The SMILES string of the molecule is O=C(C1CCNCC1)N(CCOc1ccc2ncsc2c1)Cc1ncccc1-c1ccc(Cl)cc1. The Morgan fingerprint density at radius 2 is 1.94 bits per heavy atom. The second kappa shape index (κ2) is 11.2. The molecule has 0 atom stereocenters. The smallest absolute Gasteiger partial charge is 0.226 e. The number of nitrogens with one attached hydrogen (secondary N) is 1. The highest BCUT2D eigenvalue weighted by atomic mass is 35.5. The van der Waals surface area contributed by atoms with Crippen molar-refractivity contribution in [1.82, 2.24) is 20.2 Å². The third-order valence-corrected chi connectivity index (χ3v) is 7.36. The summed E-state index contributed by atoms with van der Waals surface area (Å²) in [7, 11) is 0. The van der Waals surface area contributed by atoms with Gasteiger partial charge < -0.3 is 15.0 Å². The molecule has 1 N–H and O–H groups in total. The van der Waals surface area contributed by atoms with Crippen LogP contribution in [0.2, 0.25) is 5.02 Å². The van der Waals surface area contributed by atoms with Crippen LogP contribution in [0.15, 0.2) is 66.3 Å². The zero-order valence-corrected chi connectivity index (χ0v) is 20.9. The molecule has 180 valence electrons. The highest BCUT2D eigenvalue weighted by Gasteiger charge is 2.27. The summed E-state index contributed by atoms with van der Waals surface area (Å²) >= 11 is 7.68. The lowest BCUT2D eigenvalue weighted by Gasteiger charge is -2.30. The van der Waals surface area contributed by atoms with Crippen LogP contribution in [0, 0.1) is 5.92 Å². The molecule has 6 nitrogen and oxygen atoms in total. The summed E-state index contributed by atoms with van der Waals surface area (Å²) in [6.07, 6.45) is 3.48. The van der Waals surface area contributed by atoms with Gasteiger partial charge in [-0.1, -0.05) is 29.8 Å². The lowest BCUT2D eigenvalue weighted by atomic mass is 9.96. The van der Waals surface area contributed by atoms with E-state index in [1.807, 2.05) is 65.0 Å². The Morgan fingerprint density at radius 3 is 2.77 bits per heavy atom. The van der Waals surface area contributed by atoms with Gasteiger partial charge >= 0.3 is 0 Å². The minimum atomic E-state index is 0.0208. The first-order valence-electron chi connectivity index (χ1n) is 11.8. The monoisotopic (exact) mass is 506 g/mol. The molecule has 0 bridgehead atoms. The molecule has 2 aromatic heterocycles. The lowest BCUT2D eigenvalue weighted by molar-refractivity contribution is -0.137. The van der Waals surface area contributed by atoms with E-state index in [-0.39, 0.29) is 11.8 Å². The number of pyridine rings is 1. The van der Waals surface area contributed by atoms with E-state index in [1.54, 1.807) is 17.5 Å². The molecule has 0 radical (unpaired) electrons. The van der Waals surface area contributed by atoms with Crippen molar-refractivity contribution in [1.29, 1.82) is 0 Å². The maximum atomic E-state index is 13.6. The number of ether oxygens (including phenoxy) is 1. The summed E-state index contributed by atoms with van der Waals surface area (Å²) in [5.74, 6) is 0.976. The second-order valence-electron chi connectivity index (χ2n) is 8.62. The van der Waals surface area contributed by atoms with Gasteiger partial charge in [-0.25, -0.2) is 4.98 Å². The van der Waals surface area contributed by atoms with Crippen molar-refractivity contribution in [2.45, 2.75) is 19.4 Å². The normalized spacial score (nSPS) is 14.2. The molecular formula is C27H27ClN4O2S. The van der Waals surface area contributed by atoms with Crippen molar-refractivity contribution < 1.29 is 9.53 Å². The van der Waals surface area contributed by atoms with Gasteiger partial charge in [-0.3, -0.25) is 9.78 Å². The fourth-order valence-corrected chi connectivity index (χ4v) is 5.26. The number of rotatable bonds is 8. The molecule has 0 spiro atoms. The number of amides is 1. The van der Waals surface area contributed by atoms with E-state index in [9.17, 15) is 4.79 Å². The molecule has 5 rings (SSSR count). The van der Waals surface area contributed by atoms with E-state index in [2.05, 4.69) is 15.3 Å². The molecule has 4 aromatic rings. The molecule has 3 heterocycles. The number of aromatic nitrogens is 2. The van der Waals surface area contributed by atoms with Gasteiger partial charge in [0.25, 0.3) is 0 Å². The zero-order valence-electron chi connectivity index (χ0n) is 19.3. The summed E-state index contributed by atoms with van der Waals surface area (Å²) in [4.78, 5) is 24.4. The number of carbonyl (C=O) groups is 1. The number of benzene rings is 2. The fraction of sp³-hybridized carbons (Fsp3) is 0.296. The summed E-state index contributed by atoms with van der Waals surface area (Å²) < 4.78 is 7.14. The zero-order chi connectivity index (χ0) is 24.0. The average molecular weight is 507 g/mol. The molecule has 8 heteroatoms. The Balaban J connectivity index is 1.34. The maximum absolute atomic E-state index is 13.6. The van der Waals surface area contributed by atoms with Crippen molar-refractivity contribution in [3.63, 3.8) is 0 Å². The van der Waals surface area contributed by atoms with Crippen molar-refractivity contribution >= 4 is 39.1 Å². The number of hydrogen-bond donors (Lipinski definition) is 1. The molecule has 35 heavy (non-hydrogen) atoms. The van der Waals surface area contributed by atoms with Gasteiger partial charge in [0, 0.05) is 22.7 Å². The second-order valence-corrected chi connectivity index (χ2v) is 9.94. The Labute approximate surface area is 213 Å². The predicted octanol–water partition coefficient (Wildman–Crippen LogP) is 5.42. The lowest BCUT2D eigenvalue weighted by Crippen LogP contribution is -2.42. The fourth-order valence-electron chi connectivity index (χ4n) is 4.43. The van der Waals surface area contributed by atoms with Crippen molar-refractivity contribution in [3.8, 4) is 16.9 Å². The molecule has 0 aliphatic carbocycles. The molecule has 1 amide bonds. The Bertz CT molecular complexity index is 1290. The quantitative estimate of drug-likeness (QED) is 0.345. The Hall–Kier alpha value is -3.00. The van der Waals surface area contributed by atoms with E-state index in [0.29, 0.717) is 24.7 Å². The van der Waals surface area contributed by atoms with Gasteiger partial charge in [0.1, 0.15) is 12.4 Å². The molecule has 1 aliphatic rings. The van der Waals surface area contributed by atoms with Crippen LogP contribution in [0.25, 0.3) is 21.3 Å². The van der Waals surface area contributed by atoms with Crippen LogP contribution in [-0.4, -0.2) is 47.0 Å². The molecule has 1 aliphatic heterocycles. The van der Waals surface area contributed by atoms with Crippen molar-refractivity contribution in [2.24, 2.45) is 5.92 Å². The van der Waals surface area contributed by atoms with Crippen molar-refractivity contribution in [2.75, 3.05) is 26.2 Å². The van der Waals surface area contributed by atoms with Gasteiger partial charge in [0.05, 0.1) is 34.5 Å². The van der Waals surface area contributed by atoms with Crippen LogP contribution < -0.4 is 10.1 Å². The van der Waals surface area contributed by atoms with Crippen LogP contribution in [0.1, 0.15) is 18.5 Å². The summed E-state index contributed by atoms with van der Waals surface area (Å²) in [5.41, 5.74) is 5.70. The average Bonchev–Trinajstić information content (AvgIpc) is 3.37. The molecule has 2 aromatic carbocycles. The van der Waals surface area contributed by atoms with Gasteiger partial charge in [-0.2, -0.15) is 0 Å². The standard InChI is InChI=1S/C27H27ClN4O2S/c28-21-5-3-19(4-6-21)23-2-1-11-30-25(23)17-32(27(33)20-9-12-29-13-10-20)14-15-34-22-7-8-24-26(16-22)35-18-31-24/h1-8,11,16,18,20,29H,9-10,12-15,17H2. The van der Waals surface area contributed by atoms with E-state index >= 15 is 0 Å². The number of thiazole rings is 1. The first-order valence-corrected chi connectivity index (χ1v) is 13.1. The third kappa shape index (κ3) is 5.81. The van der Waals surface area contributed by atoms with Crippen molar-refractivity contribution in [3.05, 3.63) is 77.0 Å². The molecule has 0 saturated carbocycles. The van der Waals surface area contributed by atoms with Gasteiger partial charge in [-0.15, -0.1) is 11.3 Å². The van der Waals surface area contributed by atoms with E-state index in [0.717, 1.165) is 58.7 Å². The maximum Gasteiger partial charge on any atom is 0.226 e. The van der Waals surface area contributed by atoms with Gasteiger partial charge in [0.2, 0.25) is 5.91 Å². The van der Waals surface area contributed by atoms with E-state index in [1.165, 1.54) is 0 Å². The van der Waals surface area contributed by atoms with Gasteiger partial charge in [-0.05, 0) is 67.9 Å². The van der Waals surface area contributed by atoms with Gasteiger partial charge in [0.15, 0.2) is 0 Å². The number of halogens is 1. The highest BCUT2D eigenvalue weighted by molar-refractivity contribution is 7.16. The van der Waals surface area contributed by atoms with Crippen LogP contribution >= 0.6 is 22.9 Å². The summed E-state index contributed by atoms with van der Waals surface area (Å²) in [5, 5.41) is 4.04. The first kappa shape index (κ1) is 23.7. The Kier molecular flexibility index (Phi) is 7.57. The molecule has 1 saturated heterocycles. The number of piperidine rings is 1. The van der Waals surface area contributed by atoms with Crippen LogP contribution in [0.5, 0.6) is 5.75 Å². The largest absolute Gasteiger partial charge is 0.492 e. The van der Waals surface area contributed by atoms with Crippen LogP contribution in [-0.2, 0) is 11.3 Å². The third-order valence-electron chi connectivity index (χ3n) is 6.32. The Morgan fingerprint density at radius 1 is 1.11 bits per heavy atom. The number of nitrogens with zero attached hydrogens (tertiary/aromatic N) is 3. The minimum absolute atomic E-state index is 0.0208. The van der Waals surface area contributed by atoms with Crippen LogP contribution in [0.4, 0.5) is 0 Å². The first-order chi connectivity index (χ1) is 17.2. The summed E-state index contributed by atoms with van der Waals surface area (Å²) in [6.45, 7) is 3.06. The number of carbonyl (C=O) groups excluding carboxylic acids is 1. The highest BCUT2D eigenvalue weighted by Crippen LogP contribution is 2.27. The molecule has 0 unspecified atom stereocenters. The molecule has 1 fully saturated rings. The van der Waals surface area contributed by atoms with E-state index in [4.69, 9.17) is 16.3 Å². The minimum Gasteiger partial charge on any atom is -0.492 e. The molecular weight excluding hydrogens is 480 g/mol. The van der Waals surface area contributed by atoms with E-state index < -0.39 is 0 Å². The topological polar surface area (TPSA) is 67.4 Å². The number of hydrogen-bond acceptors (Lipinski definition) is 6. The van der Waals surface area contributed by atoms with Crippen LogP contribution in [0.3, 0.4) is 0 Å². The number of fused-ring (bicyclic) bond motifs is 1. The predicted molar refractivity (Wildman–Crippen MR) is 141 cm³/mol. The summed E-state index contributed by atoms with van der Waals surface area (Å²) in [6, 6.07) is 17.6.